The van der Waals surface area contributed by atoms with Crippen LogP contribution in [-0.2, 0) is 6.54 Å². The van der Waals surface area contributed by atoms with Gasteiger partial charge in [-0.15, -0.1) is 11.8 Å². The van der Waals surface area contributed by atoms with Crippen LogP contribution in [0, 0.1) is 17.2 Å². The summed E-state index contributed by atoms with van der Waals surface area (Å²) in [5.41, 5.74) is 1.91. The van der Waals surface area contributed by atoms with Gasteiger partial charge in [0.2, 0.25) is 0 Å². The molecule has 0 heterocycles. The molecule has 0 aliphatic heterocycles. The minimum atomic E-state index is 0.193. The second kappa shape index (κ2) is 6.95. The molecular weight excluding hydrogens is 256 g/mol. The van der Waals surface area contributed by atoms with Gasteiger partial charge in [-0.05, 0) is 36.5 Å². The molecule has 0 spiro atoms. The van der Waals surface area contributed by atoms with Crippen molar-refractivity contribution in [3.8, 4) is 6.07 Å². The lowest BCUT2D eigenvalue weighted by Crippen LogP contribution is -2.15. The number of benzene rings is 1. The summed E-state index contributed by atoms with van der Waals surface area (Å²) in [6.07, 6.45) is 2.55. The Morgan fingerprint density at radius 1 is 1.53 bits per heavy atom. The van der Waals surface area contributed by atoms with E-state index in [9.17, 15) is 5.26 Å². The minimum Gasteiger partial charge on any atom is -0.396 e. The van der Waals surface area contributed by atoms with Gasteiger partial charge in [0, 0.05) is 29.8 Å². The fraction of sp³-hybridized carbons (Fsp3) is 0.533. The van der Waals surface area contributed by atoms with Crippen LogP contribution in [0.25, 0.3) is 0 Å². The highest BCUT2D eigenvalue weighted by Crippen LogP contribution is 2.26. The molecule has 1 unspecified atom stereocenters. The van der Waals surface area contributed by atoms with Crippen LogP contribution in [0.15, 0.2) is 23.1 Å². The predicted octanol–water partition coefficient (Wildman–Crippen LogP) is 2.53. The zero-order valence-electron chi connectivity index (χ0n) is 11.2. The lowest BCUT2D eigenvalue weighted by molar-refractivity contribution is 0.250. The molecule has 4 heteroatoms. The van der Waals surface area contributed by atoms with E-state index in [0.29, 0.717) is 6.04 Å². The zero-order valence-corrected chi connectivity index (χ0v) is 12.0. The number of nitrogens with zero attached hydrogens (tertiary/aromatic N) is 1. The molecule has 1 aromatic rings. The van der Waals surface area contributed by atoms with E-state index in [-0.39, 0.29) is 12.5 Å². The molecule has 2 rings (SSSR count). The van der Waals surface area contributed by atoms with Crippen molar-refractivity contribution in [2.24, 2.45) is 5.92 Å². The normalized spacial score (nSPS) is 16.1. The average molecular weight is 276 g/mol. The van der Waals surface area contributed by atoms with Crippen LogP contribution in [-0.4, -0.2) is 23.5 Å². The Bertz CT molecular complexity index is 466. The molecule has 1 atom stereocenters. The van der Waals surface area contributed by atoms with Gasteiger partial charge in [-0.2, -0.15) is 5.26 Å². The molecule has 1 aliphatic rings. The number of thioether (sulfide) groups is 1. The first kappa shape index (κ1) is 14.4. The third-order valence-corrected chi connectivity index (χ3v) is 4.57. The van der Waals surface area contributed by atoms with Gasteiger partial charge in [0.15, 0.2) is 0 Å². The summed E-state index contributed by atoms with van der Waals surface area (Å²) in [6, 6.07) is 9.04. The molecule has 0 bridgehead atoms. The van der Waals surface area contributed by atoms with Crippen molar-refractivity contribution >= 4 is 11.8 Å². The number of nitriles is 1. The second-order valence-corrected chi connectivity index (χ2v) is 6.26. The van der Waals surface area contributed by atoms with Crippen LogP contribution >= 0.6 is 11.8 Å². The van der Waals surface area contributed by atoms with Crippen molar-refractivity contribution in [2.75, 3.05) is 12.4 Å². The third kappa shape index (κ3) is 4.54. The summed E-state index contributed by atoms with van der Waals surface area (Å²) < 4.78 is 0. The molecule has 0 amide bonds. The quantitative estimate of drug-likeness (QED) is 0.751. The predicted molar refractivity (Wildman–Crippen MR) is 78.0 cm³/mol. The molecule has 0 aromatic heterocycles. The van der Waals surface area contributed by atoms with Crippen molar-refractivity contribution in [1.82, 2.24) is 5.32 Å². The number of hydrogen-bond acceptors (Lipinski definition) is 4. The Hall–Kier alpha value is -1.02. The van der Waals surface area contributed by atoms with Crippen LogP contribution in [0.5, 0.6) is 0 Å². The molecule has 0 saturated heterocycles. The van der Waals surface area contributed by atoms with Gasteiger partial charge in [0.05, 0.1) is 5.56 Å². The molecule has 102 valence electrons. The number of rotatable bonds is 7. The summed E-state index contributed by atoms with van der Waals surface area (Å²) in [5.74, 6) is 1.10. The van der Waals surface area contributed by atoms with Crippen LogP contribution < -0.4 is 5.32 Å². The number of aliphatic hydroxyl groups excluding tert-OH is 1. The average Bonchev–Trinajstić information content (AvgIpc) is 3.26. The Labute approximate surface area is 119 Å². The van der Waals surface area contributed by atoms with E-state index < -0.39 is 0 Å². The molecule has 1 aliphatic carbocycles. The van der Waals surface area contributed by atoms with Crippen LogP contribution in [0.3, 0.4) is 0 Å². The van der Waals surface area contributed by atoms with E-state index in [4.69, 9.17) is 5.11 Å². The molecule has 0 radical (unpaired) electrons. The van der Waals surface area contributed by atoms with Crippen molar-refractivity contribution in [3.63, 3.8) is 0 Å². The maximum absolute atomic E-state index is 9.22. The van der Waals surface area contributed by atoms with E-state index in [1.807, 2.05) is 19.1 Å². The highest BCUT2D eigenvalue weighted by molar-refractivity contribution is 7.99. The van der Waals surface area contributed by atoms with Gasteiger partial charge in [-0.3, -0.25) is 0 Å². The fourth-order valence-electron chi connectivity index (χ4n) is 1.73. The van der Waals surface area contributed by atoms with Gasteiger partial charge in [-0.1, -0.05) is 13.0 Å². The smallest absolute Gasteiger partial charge is 0.100 e. The molecule has 19 heavy (non-hydrogen) atoms. The summed E-state index contributed by atoms with van der Waals surface area (Å²) in [7, 11) is 0. The third-order valence-electron chi connectivity index (χ3n) is 3.17. The highest BCUT2D eigenvalue weighted by Gasteiger charge is 2.20. The molecule has 1 aromatic carbocycles. The minimum absolute atomic E-state index is 0.193. The van der Waals surface area contributed by atoms with Crippen LogP contribution in [0.4, 0.5) is 0 Å². The van der Waals surface area contributed by atoms with Gasteiger partial charge in [0.25, 0.3) is 0 Å². The number of nitrogens with one attached hydrogen (secondary N) is 1. The van der Waals surface area contributed by atoms with Crippen molar-refractivity contribution in [2.45, 2.75) is 37.2 Å². The SMILES string of the molecule is CC(CO)CSc1ccc(CNC2CC2)cc1C#N. The summed E-state index contributed by atoms with van der Waals surface area (Å²) in [5, 5.41) is 21.7. The van der Waals surface area contributed by atoms with Gasteiger partial charge < -0.3 is 10.4 Å². The van der Waals surface area contributed by atoms with E-state index in [1.54, 1.807) is 11.8 Å². The maximum Gasteiger partial charge on any atom is 0.100 e. The molecular formula is C15H20N2OS. The van der Waals surface area contributed by atoms with E-state index >= 15 is 0 Å². The van der Waals surface area contributed by atoms with Crippen LogP contribution in [0.2, 0.25) is 0 Å². The number of aliphatic hydroxyl groups is 1. The Morgan fingerprint density at radius 3 is 2.95 bits per heavy atom. The van der Waals surface area contributed by atoms with Crippen molar-refractivity contribution < 1.29 is 5.11 Å². The van der Waals surface area contributed by atoms with Gasteiger partial charge >= 0.3 is 0 Å². The van der Waals surface area contributed by atoms with Crippen molar-refractivity contribution in [3.05, 3.63) is 29.3 Å². The lowest BCUT2D eigenvalue weighted by Gasteiger charge is -2.10. The summed E-state index contributed by atoms with van der Waals surface area (Å²) in [4.78, 5) is 1.01. The monoisotopic (exact) mass is 276 g/mol. The number of hydrogen-bond donors (Lipinski definition) is 2. The summed E-state index contributed by atoms with van der Waals surface area (Å²) >= 11 is 1.65. The highest BCUT2D eigenvalue weighted by atomic mass is 32.2. The second-order valence-electron chi connectivity index (χ2n) is 5.20. The molecule has 2 N–H and O–H groups in total. The standard InChI is InChI=1S/C15H20N2OS/c1-11(9-18)10-19-15-5-2-12(6-13(15)7-16)8-17-14-3-4-14/h2,5-6,11,14,17-18H,3-4,8-10H2,1H3. The fourth-order valence-corrected chi connectivity index (χ4v) is 2.73. The summed E-state index contributed by atoms with van der Waals surface area (Å²) in [6.45, 7) is 3.04. The maximum atomic E-state index is 9.22. The first-order chi connectivity index (χ1) is 9.22. The lowest BCUT2D eigenvalue weighted by atomic mass is 10.1. The Kier molecular flexibility index (Phi) is 5.26. The van der Waals surface area contributed by atoms with Gasteiger partial charge in [-0.25, -0.2) is 0 Å². The van der Waals surface area contributed by atoms with Crippen molar-refractivity contribution in [1.29, 1.82) is 5.26 Å². The molecule has 3 nitrogen and oxygen atoms in total. The molecule has 1 saturated carbocycles. The van der Waals surface area contributed by atoms with E-state index in [2.05, 4.69) is 17.5 Å². The first-order valence-corrected chi connectivity index (χ1v) is 7.71. The van der Waals surface area contributed by atoms with Gasteiger partial charge in [0.1, 0.15) is 6.07 Å². The first-order valence-electron chi connectivity index (χ1n) is 6.73. The van der Waals surface area contributed by atoms with E-state index in [1.165, 1.54) is 18.4 Å². The largest absolute Gasteiger partial charge is 0.396 e. The molecule has 1 fully saturated rings. The Morgan fingerprint density at radius 2 is 2.32 bits per heavy atom. The van der Waals surface area contributed by atoms with Crippen LogP contribution in [0.1, 0.15) is 30.9 Å². The zero-order chi connectivity index (χ0) is 13.7. The van der Waals surface area contributed by atoms with E-state index in [0.717, 1.165) is 22.8 Å². The topological polar surface area (TPSA) is 56.0 Å². The Balaban J connectivity index is 1.96.